The Kier molecular flexibility index (Phi) is 3.21. The highest BCUT2D eigenvalue weighted by Crippen LogP contribution is 2.32. The van der Waals surface area contributed by atoms with E-state index in [1.54, 1.807) is 7.11 Å². The van der Waals surface area contributed by atoms with E-state index in [2.05, 4.69) is 27.8 Å². The summed E-state index contributed by atoms with van der Waals surface area (Å²) in [5.74, 6) is 0.852. The van der Waals surface area contributed by atoms with Gasteiger partial charge in [0.1, 0.15) is 5.75 Å². The molecule has 16 heavy (non-hydrogen) atoms. The number of fused-ring (bicyclic) bond motifs is 1. The second kappa shape index (κ2) is 4.47. The number of methoxy groups -OCH3 is 1. The third kappa shape index (κ3) is 1.83. The van der Waals surface area contributed by atoms with Gasteiger partial charge in [0.15, 0.2) is 0 Å². The van der Waals surface area contributed by atoms with Crippen molar-refractivity contribution in [3.8, 4) is 5.75 Å². The monoisotopic (exact) mass is 282 g/mol. The third-order valence-corrected chi connectivity index (χ3v) is 3.41. The van der Waals surface area contributed by atoms with Crippen LogP contribution in [-0.4, -0.2) is 18.6 Å². The molecule has 3 nitrogen and oxygen atoms in total. The maximum atomic E-state index is 5.63. The van der Waals surface area contributed by atoms with Crippen molar-refractivity contribution in [1.82, 2.24) is 4.98 Å². The molecule has 4 heteroatoms. The fourth-order valence-corrected chi connectivity index (χ4v) is 2.51. The Hall–Kier alpha value is -1.00. The van der Waals surface area contributed by atoms with E-state index in [0.29, 0.717) is 6.54 Å². The van der Waals surface area contributed by atoms with Crippen molar-refractivity contribution in [2.75, 3.05) is 13.7 Å². The standard InChI is InChI=1S/C12H15BrN2O/c1-7-8(3-4-14)9-5-12(16-2)10(13)6-11(9)15-7/h5-6,15H,3-4,14H2,1-2H3. The van der Waals surface area contributed by atoms with Crippen molar-refractivity contribution in [3.63, 3.8) is 0 Å². The zero-order valence-electron chi connectivity index (χ0n) is 9.43. The maximum absolute atomic E-state index is 5.63. The molecule has 0 radical (unpaired) electrons. The van der Waals surface area contributed by atoms with E-state index in [-0.39, 0.29) is 0 Å². The van der Waals surface area contributed by atoms with Gasteiger partial charge in [0.2, 0.25) is 0 Å². The van der Waals surface area contributed by atoms with Crippen LogP contribution in [0.4, 0.5) is 0 Å². The van der Waals surface area contributed by atoms with Crippen LogP contribution in [0.15, 0.2) is 16.6 Å². The number of aromatic nitrogens is 1. The minimum atomic E-state index is 0.659. The highest BCUT2D eigenvalue weighted by molar-refractivity contribution is 9.10. The van der Waals surface area contributed by atoms with Crippen LogP contribution < -0.4 is 10.5 Å². The molecule has 1 heterocycles. The maximum Gasteiger partial charge on any atom is 0.133 e. The van der Waals surface area contributed by atoms with Crippen LogP contribution in [0.25, 0.3) is 10.9 Å². The average molecular weight is 283 g/mol. The van der Waals surface area contributed by atoms with Gasteiger partial charge < -0.3 is 15.5 Å². The van der Waals surface area contributed by atoms with Crippen LogP contribution >= 0.6 is 15.9 Å². The topological polar surface area (TPSA) is 51.0 Å². The highest BCUT2D eigenvalue weighted by Gasteiger charge is 2.11. The molecule has 0 aliphatic heterocycles. The molecule has 1 aromatic carbocycles. The molecular formula is C12H15BrN2O. The van der Waals surface area contributed by atoms with Gasteiger partial charge in [-0.15, -0.1) is 0 Å². The lowest BCUT2D eigenvalue weighted by atomic mass is 10.1. The number of benzene rings is 1. The molecule has 0 amide bonds. The SMILES string of the molecule is COc1cc2c(CCN)c(C)[nH]c2cc1Br. The van der Waals surface area contributed by atoms with E-state index in [1.807, 2.05) is 12.1 Å². The fraction of sp³-hybridized carbons (Fsp3) is 0.333. The number of hydrogen-bond donors (Lipinski definition) is 2. The van der Waals surface area contributed by atoms with Gasteiger partial charge >= 0.3 is 0 Å². The van der Waals surface area contributed by atoms with Crippen LogP contribution in [0.5, 0.6) is 5.75 Å². The zero-order chi connectivity index (χ0) is 11.7. The number of hydrogen-bond acceptors (Lipinski definition) is 2. The molecule has 86 valence electrons. The second-order valence-electron chi connectivity index (χ2n) is 3.80. The second-order valence-corrected chi connectivity index (χ2v) is 4.65. The molecule has 0 aliphatic rings. The Bertz CT molecular complexity index is 519. The summed E-state index contributed by atoms with van der Waals surface area (Å²) < 4.78 is 6.26. The molecule has 0 spiro atoms. The van der Waals surface area contributed by atoms with Gasteiger partial charge in [0.25, 0.3) is 0 Å². The summed E-state index contributed by atoms with van der Waals surface area (Å²) in [4.78, 5) is 3.36. The van der Waals surface area contributed by atoms with Crippen molar-refractivity contribution < 1.29 is 4.74 Å². The summed E-state index contributed by atoms with van der Waals surface area (Å²) in [7, 11) is 1.67. The Balaban J connectivity index is 2.67. The van der Waals surface area contributed by atoms with Crippen LogP contribution in [0, 0.1) is 6.92 Å². The molecule has 0 bridgehead atoms. The van der Waals surface area contributed by atoms with E-state index < -0.39 is 0 Å². The minimum Gasteiger partial charge on any atom is -0.496 e. The van der Waals surface area contributed by atoms with Crippen LogP contribution in [0.2, 0.25) is 0 Å². The van der Waals surface area contributed by atoms with Gasteiger partial charge in [-0.25, -0.2) is 0 Å². The smallest absolute Gasteiger partial charge is 0.133 e. The van der Waals surface area contributed by atoms with Gasteiger partial charge in [-0.05, 0) is 53.5 Å². The summed E-state index contributed by atoms with van der Waals surface area (Å²) >= 11 is 3.48. The Labute approximate surface area is 103 Å². The van der Waals surface area contributed by atoms with Gasteiger partial charge in [-0.1, -0.05) is 0 Å². The molecule has 0 unspecified atom stereocenters. The molecule has 0 saturated carbocycles. The van der Waals surface area contributed by atoms with Crippen molar-refractivity contribution >= 4 is 26.8 Å². The number of ether oxygens (including phenoxy) is 1. The summed E-state index contributed by atoms with van der Waals surface area (Å²) in [6, 6.07) is 4.09. The van der Waals surface area contributed by atoms with Gasteiger partial charge in [-0.3, -0.25) is 0 Å². The predicted molar refractivity (Wildman–Crippen MR) is 70.0 cm³/mol. The summed E-state index contributed by atoms with van der Waals surface area (Å²) in [6.45, 7) is 2.73. The average Bonchev–Trinajstić information content (AvgIpc) is 2.54. The highest BCUT2D eigenvalue weighted by atomic mass is 79.9. The fourth-order valence-electron chi connectivity index (χ4n) is 2.01. The molecule has 0 atom stereocenters. The first-order valence-corrected chi connectivity index (χ1v) is 6.01. The molecule has 2 rings (SSSR count). The van der Waals surface area contributed by atoms with Gasteiger partial charge in [0, 0.05) is 16.6 Å². The lowest BCUT2D eigenvalue weighted by molar-refractivity contribution is 0.413. The van der Waals surface area contributed by atoms with E-state index >= 15 is 0 Å². The quantitative estimate of drug-likeness (QED) is 0.910. The first-order chi connectivity index (χ1) is 7.67. The van der Waals surface area contributed by atoms with E-state index in [1.165, 1.54) is 16.6 Å². The van der Waals surface area contributed by atoms with Crippen LogP contribution in [0.1, 0.15) is 11.3 Å². The van der Waals surface area contributed by atoms with Crippen molar-refractivity contribution in [3.05, 3.63) is 27.9 Å². The Morgan fingerprint density at radius 3 is 2.81 bits per heavy atom. The number of halogens is 1. The summed E-state index contributed by atoms with van der Waals surface area (Å²) in [5, 5.41) is 1.20. The normalized spacial score (nSPS) is 11.0. The molecule has 0 saturated heterocycles. The summed E-state index contributed by atoms with van der Waals surface area (Å²) in [6.07, 6.45) is 0.886. The lowest BCUT2D eigenvalue weighted by Gasteiger charge is -2.04. The third-order valence-electron chi connectivity index (χ3n) is 2.79. The van der Waals surface area contributed by atoms with Crippen LogP contribution in [0.3, 0.4) is 0 Å². The largest absolute Gasteiger partial charge is 0.496 e. The number of H-pyrrole nitrogens is 1. The number of nitrogens with one attached hydrogen (secondary N) is 1. The predicted octanol–water partition coefficient (Wildman–Crippen LogP) is 2.75. The lowest BCUT2D eigenvalue weighted by Crippen LogP contribution is -2.03. The van der Waals surface area contributed by atoms with Gasteiger partial charge in [0.05, 0.1) is 11.6 Å². The number of rotatable bonds is 3. The Morgan fingerprint density at radius 1 is 1.44 bits per heavy atom. The molecule has 0 aliphatic carbocycles. The van der Waals surface area contributed by atoms with Crippen molar-refractivity contribution in [1.29, 1.82) is 0 Å². The van der Waals surface area contributed by atoms with Crippen LogP contribution in [-0.2, 0) is 6.42 Å². The Morgan fingerprint density at radius 2 is 2.19 bits per heavy atom. The first kappa shape index (κ1) is 11.5. The molecular weight excluding hydrogens is 268 g/mol. The number of aryl methyl sites for hydroxylation is 1. The van der Waals surface area contributed by atoms with E-state index in [4.69, 9.17) is 10.5 Å². The number of nitrogens with two attached hydrogens (primary N) is 1. The van der Waals surface area contributed by atoms with E-state index in [9.17, 15) is 0 Å². The van der Waals surface area contributed by atoms with E-state index in [0.717, 1.165) is 22.2 Å². The summed E-state index contributed by atoms with van der Waals surface area (Å²) in [5.41, 5.74) is 9.21. The van der Waals surface area contributed by atoms with Gasteiger partial charge in [-0.2, -0.15) is 0 Å². The molecule has 1 aromatic heterocycles. The van der Waals surface area contributed by atoms with Crippen molar-refractivity contribution in [2.45, 2.75) is 13.3 Å². The zero-order valence-corrected chi connectivity index (χ0v) is 11.0. The number of aromatic amines is 1. The first-order valence-electron chi connectivity index (χ1n) is 5.22. The molecule has 0 fully saturated rings. The van der Waals surface area contributed by atoms with Crippen molar-refractivity contribution in [2.24, 2.45) is 5.73 Å². The molecule has 3 N–H and O–H groups in total. The minimum absolute atomic E-state index is 0.659. The molecule has 2 aromatic rings.